The molecule has 0 bridgehead atoms. The number of ether oxygens (including phenoxy) is 1. The summed E-state index contributed by atoms with van der Waals surface area (Å²) in [6.07, 6.45) is 0. The molecule has 27 heavy (non-hydrogen) atoms. The molecule has 1 N–H and O–H groups in total. The standard InChI is InChI=1S/C21H20BrN3O2/c1-11-8-16-17(9-12(11)2)25-19(14-6-5-7-15(22)10-14)18(20(26)27-4)13(3)23-21(25)24-16/h5-10,19H,1-4H3,(H,23,24). The largest absolute Gasteiger partial charge is 0.466 e. The lowest BCUT2D eigenvalue weighted by atomic mass is 9.95. The van der Waals surface area contributed by atoms with Crippen molar-refractivity contribution in [1.82, 2.24) is 9.55 Å². The molecule has 0 fully saturated rings. The van der Waals surface area contributed by atoms with Crippen LogP contribution >= 0.6 is 15.9 Å². The fourth-order valence-corrected chi connectivity index (χ4v) is 4.05. The Labute approximate surface area is 166 Å². The lowest BCUT2D eigenvalue weighted by molar-refractivity contribution is -0.136. The lowest BCUT2D eigenvalue weighted by Crippen LogP contribution is -2.28. The van der Waals surface area contributed by atoms with Crippen LogP contribution in [0.1, 0.15) is 29.7 Å². The van der Waals surface area contributed by atoms with Crippen molar-refractivity contribution >= 4 is 38.9 Å². The molecule has 2 heterocycles. The van der Waals surface area contributed by atoms with E-state index in [-0.39, 0.29) is 12.0 Å². The van der Waals surface area contributed by atoms with E-state index in [2.05, 4.69) is 51.8 Å². The molecule has 6 heteroatoms. The predicted molar refractivity (Wildman–Crippen MR) is 110 cm³/mol. The first-order valence-electron chi connectivity index (χ1n) is 8.71. The van der Waals surface area contributed by atoms with Gasteiger partial charge in [-0.15, -0.1) is 0 Å². The number of rotatable bonds is 2. The summed E-state index contributed by atoms with van der Waals surface area (Å²) in [6.45, 7) is 6.05. The minimum Gasteiger partial charge on any atom is -0.466 e. The molecule has 3 aromatic rings. The number of hydrogen-bond donors (Lipinski definition) is 1. The zero-order valence-corrected chi connectivity index (χ0v) is 17.2. The average Bonchev–Trinajstić information content (AvgIpc) is 2.97. The zero-order valence-electron chi connectivity index (χ0n) is 15.6. The maximum absolute atomic E-state index is 12.7. The lowest BCUT2D eigenvalue weighted by Gasteiger charge is -2.30. The summed E-state index contributed by atoms with van der Waals surface area (Å²) in [5.74, 6) is 0.381. The quantitative estimate of drug-likeness (QED) is 0.594. The third-order valence-corrected chi connectivity index (χ3v) is 5.60. The molecule has 1 atom stereocenters. The van der Waals surface area contributed by atoms with Gasteiger partial charge in [-0.1, -0.05) is 28.1 Å². The van der Waals surface area contributed by atoms with E-state index in [0.29, 0.717) is 5.57 Å². The number of carbonyl (C=O) groups excluding carboxylic acids is 1. The van der Waals surface area contributed by atoms with E-state index in [4.69, 9.17) is 9.72 Å². The van der Waals surface area contributed by atoms with Crippen LogP contribution in [0.5, 0.6) is 0 Å². The van der Waals surface area contributed by atoms with E-state index < -0.39 is 0 Å². The highest BCUT2D eigenvalue weighted by atomic mass is 79.9. The number of methoxy groups -OCH3 is 1. The van der Waals surface area contributed by atoms with Gasteiger partial charge >= 0.3 is 5.97 Å². The molecular weight excluding hydrogens is 406 g/mol. The molecular formula is C21H20BrN3O2. The van der Waals surface area contributed by atoms with Gasteiger partial charge in [-0.05, 0) is 61.7 Å². The Balaban J connectivity index is 2.05. The van der Waals surface area contributed by atoms with E-state index in [1.807, 2.05) is 31.2 Å². The van der Waals surface area contributed by atoms with E-state index in [1.54, 1.807) is 0 Å². The highest BCUT2D eigenvalue weighted by Crippen LogP contribution is 2.40. The zero-order chi connectivity index (χ0) is 19.3. The SMILES string of the molecule is COC(=O)C1=C(C)Nc2nc3cc(C)c(C)cc3n2C1c1cccc(Br)c1. The maximum Gasteiger partial charge on any atom is 0.337 e. The number of aromatic nitrogens is 2. The van der Waals surface area contributed by atoms with Crippen LogP contribution in [0.25, 0.3) is 11.0 Å². The number of allylic oxidation sites excluding steroid dienone is 1. The summed E-state index contributed by atoms with van der Waals surface area (Å²) in [5, 5.41) is 3.29. The number of esters is 1. The molecule has 0 saturated heterocycles. The number of aryl methyl sites for hydroxylation is 2. The number of nitrogens with zero attached hydrogens (tertiary/aromatic N) is 2. The maximum atomic E-state index is 12.7. The number of hydrogen-bond acceptors (Lipinski definition) is 4. The molecule has 0 radical (unpaired) electrons. The fourth-order valence-electron chi connectivity index (χ4n) is 3.64. The van der Waals surface area contributed by atoms with Gasteiger partial charge in [-0.3, -0.25) is 4.57 Å². The number of carbonyl (C=O) groups is 1. The molecule has 1 aliphatic heterocycles. The third kappa shape index (κ3) is 2.84. The van der Waals surface area contributed by atoms with Crippen molar-refractivity contribution in [3.63, 3.8) is 0 Å². The van der Waals surface area contributed by atoms with Crippen molar-refractivity contribution in [2.45, 2.75) is 26.8 Å². The summed E-state index contributed by atoms with van der Waals surface area (Å²) in [7, 11) is 1.41. The Bertz CT molecular complexity index is 1110. The summed E-state index contributed by atoms with van der Waals surface area (Å²) >= 11 is 3.55. The molecule has 1 unspecified atom stereocenters. The monoisotopic (exact) mass is 425 g/mol. The average molecular weight is 426 g/mol. The highest BCUT2D eigenvalue weighted by Gasteiger charge is 2.34. The molecule has 0 spiro atoms. The molecule has 1 aromatic heterocycles. The Kier molecular flexibility index (Phi) is 4.30. The third-order valence-electron chi connectivity index (χ3n) is 5.11. The van der Waals surface area contributed by atoms with Crippen LogP contribution in [0, 0.1) is 13.8 Å². The van der Waals surface area contributed by atoms with E-state index in [1.165, 1.54) is 18.2 Å². The molecule has 0 amide bonds. The van der Waals surface area contributed by atoms with Gasteiger partial charge < -0.3 is 10.1 Å². The van der Waals surface area contributed by atoms with Gasteiger partial charge in [0, 0.05) is 10.2 Å². The molecule has 138 valence electrons. The highest BCUT2D eigenvalue weighted by molar-refractivity contribution is 9.10. The van der Waals surface area contributed by atoms with Gasteiger partial charge in [0.1, 0.15) is 0 Å². The number of halogens is 1. The second-order valence-corrected chi connectivity index (χ2v) is 7.76. The minimum atomic E-state index is -0.346. The molecule has 0 saturated carbocycles. The van der Waals surface area contributed by atoms with Crippen LogP contribution in [0.2, 0.25) is 0 Å². The Morgan fingerprint density at radius 3 is 2.63 bits per heavy atom. The number of benzene rings is 2. The van der Waals surface area contributed by atoms with Gasteiger partial charge in [0.25, 0.3) is 0 Å². The Morgan fingerprint density at radius 1 is 1.19 bits per heavy atom. The minimum absolute atomic E-state index is 0.321. The first-order valence-corrected chi connectivity index (χ1v) is 9.50. The van der Waals surface area contributed by atoms with E-state index >= 15 is 0 Å². The topological polar surface area (TPSA) is 56.1 Å². The van der Waals surface area contributed by atoms with Crippen LogP contribution in [-0.4, -0.2) is 22.6 Å². The van der Waals surface area contributed by atoms with Crippen LogP contribution in [0.4, 0.5) is 5.95 Å². The molecule has 4 rings (SSSR count). The van der Waals surface area contributed by atoms with Gasteiger partial charge in [-0.25, -0.2) is 9.78 Å². The van der Waals surface area contributed by atoms with Crippen molar-refractivity contribution in [3.05, 3.63) is 68.8 Å². The van der Waals surface area contributed by atoms with Crippen LogP contribution < -0.4 is 5.32 Å². The smallest absolute Gasteiger partial charge is 0.337 e. The summed E-state index contributed by atoms with van der Waals surface area (Å²) in [6, 6.07) is 11.9. The number of nitrogens with one attached hydrogen (secondary N) is 1. The number of anilines is 1. The first-order chi connectivity index (χ1) is 12.9. The second-order valence-electron chi connectivity index (χ2n) is 6.84. The Hall–Kier alpha value is -2.60. The van der Waals surface area contributed by atoms with Crippen molar-refractivity contribution in [2.75, 3.05) is 12.4 Å². The first kappa shape index (κ1) is 17.8. The van der Waals surface area contributed by atoms with Crippen LogP contribution in [0.15, 0.2) is 52.1 Å². The molecule has 1 aliphatic rings. The second kappa shape index (κ2) is 6.53. The van der Waals surface area contributed by atoms with Crippen LogP contribution in [0.3, 0.4) is 0 Å². The summed E-state index contributed by atoms with van der Waals surface area (Å²) in [4.78, 5) is 17.4. The van der Waals surface area contributed by atoms with Crippen molar-refractivity contribution in [2.24, 2.45) is 0 Å². The van der Waals surface area contributed by atoms with Crippen molar-refractivity contribution in [1.29, 1.82) is 0 Å². The molecule has 2 aromatic carbocycles. The van der Waals surface area contributed by atoms with Gasteiger partial charge in [0.15, 0.2) is 0 Å². The number of fused-ring (bicyclic) bond motifs is 3. The molecule has 5 nitrogen and oxygen atoms in total. The fraction of sp³-hybridized carbons (Fsp3) is 0.238. The van der Waals surface area contributed by atoms with Gasteiger partial charge in [-0.2, -0.15) is 0 Å². The van der Waals surface area contributed by atoms with Crippen LogP contribution in [-0.2, 0) is 9.53 Å². The van der Waals surface area contributed by atoms with Gasteiger partial charge in [0.05, 0.1) is 29.8 Å². The number of imidazole rings is 1. The Morgan fingerprint density at radius 2 is 1.93 bits per heavy atom. The van der Waals surface area contributed by atoms with Crippen molar-refractivity contribution < 1.29 is 9.53 Å². The van der Waals surface area contributed by atoms with Gasteiger partial charge in [0.2, 0.25) is 5.95 Å². The van der Waals surface area contributed by atoms with E-state index in [9.17, 15) is 4.79 Å². The summed E-state index contributed by atoms with van der Waals surface area (Å²) in [5.41, 5.74) is 6.59. The van der Waals surface area contributed by atoms with E-state index in [0.717, 1.165) is 32.7 Å². The predicted octanol–water partition coefficient (Wildman–Crippen LogP) is 4.88. The summed E-state index contributed by atoms with van der Waals surface area (Å²) < 4.78 is 8.15. The normalized spacial score (nSPS) is 16.3. The van der Waals surface area contributed by atoms with Crippen molar-refractivity contribution in [3.8, 4) is 0 Å². The molecule has 0 aliphatic carbocycles.